The van der Waals surface area contributed by atoms with E-state index in [1.54, 1.807) is 0 Å². The van der Waals surface area contributed by atoms with Crippen LogP contribution in [-0.2, 0) is 5.92 Å². The Bertz CT molecular complexity index is 609. The van der Waals surface area contributed by atoms with Crippen LogP contribution in [0.1, 0.15) is 5.82 Å². The Morgan fingerprint density at radius 3 is 2.39 bits per heavy atom. The van der Waals surface area contributed by atoms with Gasteiger partial charge in [0.1, 0.15) is 5.52 Å². The molecule has 4 nitrogen and oxygen atoms in total. The highest BCUT2D eigenvalue weighted by atomic mass is 35.5. The second kappa shape index (κ2) is 3.67. The van der Waals surface area contributed by atoms with Crippen molar-refractivity contribution < 1.29 is 27.2 Å². The minimum atomic E-state index is -5.88. The molecule has 0 fully saturated rings. The van der Waals surface area contributed by atoms with Gasteiger partial charge in [-0.25, -0.2) is 9.97 Å². The van der Waals surface area contributed by atoms with E-state index in [2.05, 4.69) is 9.97 Å². The molecule has 2 heterocycles. The van der Waals surface area contributed by atoms with E-state index in [0.717, 1.165) is 12.3 Å². The van der Waals surface area contributed by atoms with Gasteiger partial charge < -0.3 is 5.21 Å². The Morgan fingerprint density at radius 2 is 1.83 bits per heavy atom. The second-order valence-electron chi connectivity index (χ2n) is 3.32. The summed E-state index contributed by atoms with van der Waals surface area (Å²) in [5.41, 5.74) is -0.915. The van der Waals surface area contributed by atoms with Gasteiger partial charge in [-0.1, -0.05) is 11.6 Å². The molecule has 0 atom stereocenters. The number of aromatic nitrogens is 3. The van der Waals surface area contributed by atoms with E-state index in [4.69, 9.17) is 11.6 Å². The number of rotatable bonds is 1. The smallest absolute Gasteiger partial charge is 0.426 e. The first-order valence-electron chi connectivity index (χ1n) is 4.33. The molecule has 10 heteroatoms. The maximum Gasteiger partial charge on any atom is 0.461 e. The monoisotopic (exact) mass is 287 g/mol. The van der Waals surface area contributed by atoms with Gasteiger partial charge in [0.05, 0.1) is 5.02 Å². The summed E-state index contributed by atoms with van der Waals surface area (Å²) in [7, 11) is 0. The zero-order valence-corrected chi connectivity index (χ0v) is 8.97. The van der Waals surface area contributed by atoms with Crippen LogP contribution in [0, 0.1) is 0 Å². The molecule has 0 amide bonds. The van der Waals surface area contributed by atoms with Gasteiger partial charge in [-0.05, 0) is 6.07 Å². The van der Waals surface area contributed by atoms with Crippen LogP contribution < -0.4 is 0 Å². The van der Waals surface area contributed by atoms with E-state index >= 15 is 0 Å². The number of pyridine rings is 1. The first-order valence-corrected chi connectivity index (χ1v) is 4.70. The first kappa shape index (κ1) is 12.8. The van der Waals surface area contributed by atoms with Gasteiger partial charge in [-0.2, -0.15) is 26.7 Å². The molecule has 0 bridgehead atoms. The van der Waals surface area contributed by atoms with Gasteiger partial charge in [0.2, 0.25) is 5.82 Å². The largest absolute Gasteiger partial charge is 0.461 e. The number of halogens is 6. The molecule has 18 heavy (non-hydrogen) atoms. The fourth-order valence-corrected chi connectivity index (χ4v) is 1.41. The Hall–Kier alpha value is -1.64. The first-order chi connectivity index (χ1) is 8.14. The number of hydrogen-bond acceptors (Lipinski definition) is 3. The summed E-state index contributed by atoms with van der Waals surface area (Å²) >= 11 is 5.48. The third kappa shape index (κ3) is 1.74. The zero-order valence-electron chi connectivity index (χ0n) is 8.21. The Balaban J connectivity index is 2.70. The van der Waals surface area contributed by atoms with Crippen LogP contribution in [0.5, 0.6) is 0 Å². The highest BCUT2D eigenvalue weighted by molar-refractivity contribution is 6.31. The maximum atomic E-state index is 13.0. The number of imidazole rings is 1. The quantitative estimate of drug-likeness (QED) is 0.648. The summed E-state index contributed by atoms with van der Waals surface area (Å²) in [5, 5.41) is 9.25. The van der Waals surface area contributed by atoms with E-state index < -0.39 is 29.1 Å². The van der Waals surface area contributed by atoms with Crippen molar-refractivity contribution in [1.82, 2.24) is 14.7 Å². The maximum absolute atomic E-state index is 13.0. The number of alkyl halides is 5. The topological polar surface area (TPSA) is 50.9 Å². The lowest BCUT2D eigenvalue weighted by Crippen LogP contribution is -2.36. The van der Waals surface area contributed by atoms with Crippen molar-refractivity contribution in [2.24, 2.45) is 0 Å². The van der Waals surface area contributed by atoms with Crippen molar-refractivity contribution in [2.75, 3.05) is 0 Å². The number of hydrogen-bond donors (Lipinski definition) is 1. The van der Waals surface area contributed by atoms with Crippen LogP contribution in [0.15, 0.2) is 12.3 Å². The molecule has 98 valence electrons. The van der Waals surface area contributed by atoms with Crippen molar-refractivity contribution in [2.45, 2.75) is 12.1 Å². The van der Waals surface area contributed by atoms with Gasteiger partial charge in [0, 0.05) is 6.20 Å². The van der Waals surface area contributed by atoms with E-state index in [-0.39, 0.29) is 9.75 Å². The lowest BCUT2D eigenvalue weighted by molar-refractivity contribution is -0.295. The van der Waals surface area contributed by atoms with Crippen LogP contribution >= 0.6 is 11.6 Å². The van der Waals surface area contributed by atoms with Crippen LogP contribution in [0.3, 0.4) is 0 Å². The van der Waals surface area contributed by atoms with Gasteiger partial charge in [-0.3, -0.25) is 0 Å². The highest BCUT2D eigenvalue weighted by Crippen LogP contribution is 2.43. The molecule has 0 aromatic carbocycles. The minimum Gasteiger partial charge on any atom is -0.426 e. The van der Waals surface area contributed by atoms with E-state index in [1.165, 1.54) is 0 Å². The van der Waals surface area contributed by atoms with E-state index in [0.29, 0.717) is 0 Å². The molecule has 0 radical (unpaired) electrons. The Morgan fingerprint density at radius 1 is 1.22 bits per heavy atom. The fourth-order valence-electron chi connectivity index (χ4n) is 1.26. The highest BCUT2D eigenvalue weighted by Gasteiger charge is 2.62. The van der Waals surface area contributed by atoms with Crippen molar-refractivity contribution in [3.8, 4) is 0 Å². The van der Waals surface area contributed by atoms with Gasteiger partial charge in [0.25, 0.3) is 0 Å². The molecular formula is C8H3ClF5N3O. The van der Waals surface area contributed by atoms with Gasteiger partial charge >= 0.3 is 12.1 Å². The summed E-state index contributed by atoms with van der Waals surface area (Å²) in [6.45, 7) is 0. The molecule has 0 aliphatic heterocycles. The number of nitrogens with zero attached hydrogens (tertiary/aromatic N) is 3. The van der Waals surface area contributed by atoms with Crippen LogP contribution in [-0.4, -0.2) is 26.1 Å². The molecule has 2 aromatic rings. The van der Waals surface area contributed by atoms with E-state index in [1.807, 2.05) is 0 Å². The molecular weight excluding hydrogens is 285 g/mol. The summed E-state index contributed by atoms with van der Waals surface area (Å²) in [6, 6.07) is 0.965. The third-order valence-corrected chi connectivity index (χ3v) is 2.30. The lowest BCUT2D eigenvalue weighted by atomic mass is 10.3. The predicted molar refractivity (Wildman–Crippen MR) is 49.7 cm³/mol. The molecule has 1 N–H and O–H groups in total. The molecule has 0 saturated carbocycles. The molecule has 0 aliphatic rings. The minimum absolute atomic E-state index is 0.0421. The summed E-state index contributed by atoms with van der Waals surface area (Å²) in [4.78, 5) is 6.40. The standard InChI is InChI=1S/C8H3ClF5N3O/c9-3-1-4-5(15-2-3)16-6(17(4)18)7(10,11)8(12,13)14/h1-2,18H. The second-order valence-corrected chi connectivity index (χ2v) is 3.75. The summed E-state index contributed by atoms with van der Waals surface area (Å²) in [5.74, 6) is -7.16. The summed E-state index contributed by atoms with van der Waals surface area (Å²) < 4.78 is 62.1. The molecule has 0 aliphatic carbocycles. The number of fused-ring (bicyclic) bond motifs is 1. The third-order valence-electron chi connectivity index (χ3n) is 2.09. The van der Waals surface area contributed by atoms with Crippen molar-refractivity contribution in [3.05, 3.63) is 23.1 Å². The van der Waals surface area contributed by atoms with Gasteiger partial charge in [-0.15, -0.1) is 0 Å². The Labute approximate surface area is 101 Å². The average molecular weight is 288 g/mol. The van der Waals surface area contributed by atoms with Crippen molar-refractivity contribution >= 4 is 22.8 Å². The fraction of sp³-hybridized carbons (Fsp3) is 0.250. The SMILES string of the molecule is On1c(C(F)(F)C(F)(F)F)nc2ncc(Cl)cc21. The Kier molecular flexibility index (Phi) is 2.61. The molecule has 2 aromatic heterocycles. The van der Waals surface area contributed by atoms with E-state index in [9.17, 15) is 27.2 Å². The molecule has 0 saturated heterocycles. The zero-order chi connectivity index (χ0) is 13.7. The van der Waals surface area contributed by atoms with Gasteiger partial charge in [0.15, 0.2) is 5.65 Å². The van der Waals surface area contributed by atoms with Crippen LogP contribution in [0.4, 0.5) is 22.0 Å². The lowest BCUT2D eigenvalue weighted by Gasteiger charge is -2.17. The molecule has 0 unspecified atom stereocenters. The van der Waals surface area contributed by atoms with Crippen LogP contribution in [0.25, 0.3) is 11.2 Å². The van der Waals surface area contributed by atoms with Crippen molar-refractivity contribution in [3.63, 3.8) is 0 Å². The molecule has 2 rings (SSSR count). The van der Waals surface area contributed by atoms with Crippen LogP contribution in [0.2, 0.25) is 5.02 Å². The summed E-state index contributed by atoms with van der Waals surface area (Å²) in [6.07, 6.45) is -4.87. The predicted octanol–water partition coefficient (Wildman–Crippen LogP) is 2.98. The normalized spacial score (nSPS) is 13.2. The average Bonchev–Trinajstić information content (AvgIpc) is 2.55. The van der Waals surface area contributed by atoms with Crippen molar-refractivity contribution in [1.29, 1.82) is 0 Å². The molecule has 0 spiro atoms.